The molecule has 2 heteroatoms. The maximum Gasteiger partial charge on any atom is 0.328 e. The highest BCUT2D eigenvalue weighted by molar-refractivity contribution is 5.80. The van der Waals surface area contributed by atoms with E-state index in [4.69, 9.17) is 5.11 Å². The summed E-state index contributed by atoms with van der Waals surface area (Å²) >= 11 is 0. The van der Waals surface area contributed by atoms with Crippen LogP contribution in [0.1, 0.15) is 71.1 Å². The summed E-state index contributed by atoms with van der Waals surface area (Å²) in [5, 5.41) is 8.40. The van der Waals surface area contributed by atoms with Crippen LogP contribution in [0.3, 0.4) is 0 Å². The molecule has 0 bridgehead atoms. The molecule has 0 radical (unpaired) electrons. The zero-order chi connectivity index (χ0) is 17.7. The van der Waals surface area contributed by atoms with Crippen molar-refractivity contribution in [3.05, 3.63) is 60.8 Å². The molecule has 0 saturated carbocycles. The summed E-state index contributed by atoms with van der Waals surface area (Å²) in [7, 11) is 0. The van der Waals surface area contributed by atoms with Crippen LogP contribution in [0.2, 0.25) is 0 Å². The van der Waals surface area contributed by atoms with Crippen molar-refractivity contribution < 1.29 is 9.90 Å². The van der Waals surface area contributed by atoms with Gasteiger partial charge in [0.2, 0.25) is 0 Å². The summed E-state index contributed by atoms with van der Waals surface area (Å²) in [5.41, 5.74) is 0. The Bertz CT molecular complexity index is 425. The van der Waals surface area contributed by atoms with Crippen molar-refractivity contribution in [2.24, 2.45) is 0 Å². The van der Waals surface area contributed by atoms with Gasteiger partial charge >= 0.3 is 5.97 Å². The first kappa shape index (κ1) is 22.2. The first-order valence-electron chi connectivity index (χ1n) is 9.33. The van der Waals surface area contributed by atoms with Crippen molar-refractivity contribution in [3.63, 3.8) is 0 Å². The Kier molecular flexibility index (Phi) is 17.8. The second-order valence-electron chi connectivity index (χ2n) is 5.90. The summed E-state index contributed by atoms with van der Waals surface area (Å²) in [6, 6.07) is 0. The number of hydrogen-bond donors (Lipinski definition) is 1. The monoisotopic (exact) mass is 330 g/mol. The maximum absolute atomic E-state index is 10.2. The van der Waals surface area contributed by atoms with Gasteiger partial charge in [0.25, 0.3) is 0 Å². The minimum Gasteiger partial charge on any atom is -0.478 e. The van der Waals surface area contributed by atoms with E-state index >= 15 is 0 Å². The van der Waals surface area contributed by atoms with Crippen molar-refractivity contribution in [1.29, 1.82) is 0 Å². The van der Waals surface area contributed by atoms with E-state index in [0.717, 1.165) is 12.5 Å². The lowest BCUT2D eigenvalue weighted by Gasteiger charge is -2.00. The van der Waals surface area contributed by atoms with Gasteiger partial charge in [0, 0.05) is 6.08 Å². The van der Waals surface area contributed by atoms with Gasteiger partial charge in [0.05, 0.1) is 0 Å². The standard InChI is InChI=1S/C22H34O2/c1-2-3-4-5-6-7-8-9-10-11-12-13-14-15-16-17-18-19-20-21-22(23)24/h12-21H,2-11H2,1H3,(H,23,24)/b13-12-,15-14+,17-16+,19-18-,21-20+. The molecule has 0 aliphatic carbocycles. The Labute approximate surface area is 148 Å². The minimum absolute atomic E-state index is 0.930. The molecule has 0 amide bonds. The Hall–Kier alpha value is -1.83. The molecule has 0 aliphatic heterocycles. The second kappa shape index (κ2) is 19.2. The molecule has 0 aliphatic rings. The average molecular weight is 331 g/mol. The zero-order valence-corrected chi connectivity index (χ0v) is 15.2. The number of allylic oxidation sites excluding steroid dienone is 9. The smallest absolute Gasteiger partial charge is 0.328 e. The predicted molar refractivity (Wildman–Crippen MR) is 105 cm³/mol. The molecule has 0 rings (SSSR count). The summed E-state index contributed by atoms with van der Waals surface area (Å²) < 4.78 is 0. The highest BCUT2D eigenvalue weighted by atomic mass is 16.4. The molecule has 134 valence electrons. The first-order chi connectivity index (χ1) is 11.8. The summed E-state index contributed by atoms with van der Waals surface area (Å²) in [4.78, 5) is 10.2. The van der Waals surface area contributed by atoms with Gasteiger partial charge in [-0.3, -0.25) is 0 Å². The third-order valence-corrected chi connectivity index (χ3v) is 3.63. The fraction of sp³-hybridized carbons (Fsp3) is 0.500. The molecular formula is C22H34O2. The van der Waals surface area contributed by atoms with E-state index in [9.17, 15) is 4.79 Å². The largest absolute Gasteiger partial charge is 0.478 e. The quantitative estimate of drug-likeness (QED) is 0.204. The van der Waals surface area contributed by atoms with E-state index in [0.29, 0.717) is 0 Å². The lowest BCUT2D eigenvalue weighted by atomic mass is 10.1. The third-order valence-electron chi connectivity index (χ3n) is 3.63. The fourth-order valence-corrected chi connectivity index (χ4v) is 2.27. The van der Waals surface area contributed by atoms with E-state index in [2.05, 4.69) is 19.1 Å². The Balaban J connectivity index is 3.44. The van der Waals surface area contributed by atoms with Gasteiger partial charge < -0.3 is 5.11 Å². The number of unbranched alkanes of at least 4 members (excludes halogenated alkanes) is 9. The van der Waals surface area contributed by atoms with Crippen molar-refractivity contribution in [2.45, 2.75) is 71.1 Å². The van der Waals surface area contributed by atoms with Crippen molar-refractivity contribution in [3.8, 4) is 0 Å². The summed E-state index contributed by atoms with van der Waals surface area (Å²) in [5.74, 6) is -0.930. The fourth-order valence-electron chi connectivity index (χ4n) is 2.27. The zero-order valence-electron chi connectivity index (χ0n) is 15.2. The Morgan fingerprint density at radius 2 is 1.12 bits per heavy atom. The number of carboxylic acid groups (broad SMARTS) is 1. The van der Waals surface area contributed by atoms with Crippen molar-refractivity contribution in [1.82, 2.24) is 0 Å². The van der Waals surface area contributed by atoms with Crippen LogP contribution in [0.5, 0.6) is 0 Å². The molecular weight excluding hydrogens is 296 g/mol. The van der Waals surface area contributed by atoms with E-state index in [1.165, 1.54) is 63.9 Å². The molecule has 0 saturated heterocycles. The molecule has 1 N–H and O–H groups in total. The average Bonchev–Trinajstić information content (AvgIpc) is 2.56. The van der Waals surface area contributed by atoms with Crippen LogP contribution in [-0.2, 0) is 4.79 Å². The van der Waals surface area contributed by atoms with E-state index in [1.807, 2.05) is 24.3 Å². The SMILES string of the molecule is CCCCCCCCCCC\C=C/C=C/C=C/C=C\C=C\C(=O)O. The lowest BCUT2D eigenvalue weighted by molar-refractivity contribution is -0.131. The van der Waals surface area contributed by atoms with Crippen LogP contribution in [0.15, 0.2) is 60.8 Å². The van der Waals surface area contributed by atoms with E-state index in [-0.39, 0.29) is 0 Å². The van der Waals surface area contributed by atoms with Gasteiger partial charge in [-0.15, -0.1) is 0 Å². The highest BCUT2D eigenvalue weighted by Gasteiger charge is 1.90. The van der Waals surface area contributed by atoms with Gasteiger partial charge in [0.15, 0.2) is 0 Å². The molecule has 2 nitrogen and oxygen atoms in total. The number of rotatable bonds is 15. The van der Waals surface area contributed by atoms with E-state index in [1.54, 1.807) is 12.2 Å². The van der Waals surface area contributed by atoms with Gasteiger partial charge in [-0.2, -0.15) is 0 Å². The van der Waals surface area contributed by atoms with Crippen LogP contribution in [0.25, 0.3) is 0 Å². The second-order valence-corrected chi connectivity index (χ2v) is 5.90. The molecule has 0 atom stereocenters. The van der Waals surface area contributed by atoms with Crippen LogP contribution in [0, 0.1) is 0 Å². The van der Waals surface area contributed by atoms with Crippen LogP contribution in [0.4, 0.5) is 0 Å². The topological polar surface area (TPSA) is 37.3 Å². The Morgan fingerprint density at radius 1 is 0.667 bits per heavy atom. The first-order valence-corrected chi connectivity index (χ1v) is 9.33. The molecule has 0 unspecified atom stereocenters. The normalized spacial score (nSPS) is 12.7. The maximum atomic E-state index is 10.2. The predicted octanol–water partition coefficient (Wildman–Crippen LogP) is 6.77. The number of carboxylic acids is 1. The van der Waals surface area contributed by atoms with Crippen LogP contribution in [-0.4, -0.2) is 11.1 Å². The molecule has 24 heavy (non-hydrogen) atoms. The molecule has 0 aromatic rings. The number of hydrogen-bond acceptors (Lipinski definition) is 1. The Morgan fingerprint density at radius 3 is 1.67 bits per heavy atom. The molecule has 0 heterocycles. The molecule has 0 spiro atoms. The summed E-state index contributed by atoms with van der Waals surface area (Å²) in [6.07, 6.45) is 31.7. The minimum atomic E-state index is -0.930. The van der Waals surface area contributed by atoms with Gasteiger partial charge in [-0.25, -0.2) is 4.79 Å². The molecule has 0 fully saturated rings. The van der Waals surface area contributed by atoms with Crippen LogP contribution >= 0.6 is 0 Å². The van der Waals surface area contributed by atoms with Gasteiger partial charge in [-0.1, -0.05) is 113 Å². The molecule has 0 aromatic carbocycles. The van der Waals surface area contributed by atoms with Gasteiger partial charge in [-0.05, 0) is 12.8 Å². The van der Waals surface area contributed by atoms with Gasteiger partial charge in [0.1, 0.15) is 0 Å². The summed E-state index contributed by atoms with van der Waals surface area (Å²) in [6.45, 7) is 2.26. The van der Waals surface area contributed by atoms with Crippen molar-refractivity contribution in [2.75, 3.05) is 0 Å². The lowest BCUT2D eigenvalue weighted by Crippen LogP contribution is -1.84. The molecule has 0 aromatic heterocycles. The van der Waals surface area contributed by atoms with Crippen LogP contribution < -0.4 is 0 Å². The third kappa shape index (κ3) is 20.2. The highest BCUT2D eigenvalue weighted by Crippen LogP contribution is 2.10. The van der Waals surface area contributed by atoms with Crippen molar-refractivity contribution >= 4 is 5.97 Å². The number of aliphatic carboxylic acids is 1. The van der Waals surface area contributed by atoms with E-state index < -0.39 is 5.97 Å². The number of carbonyl (C=O) groups is 1.